The summed E-state index contributed by atoms with van der Waals surface area (Å²) >= 11 is 0. The van der Waals surface area contributed by atoms with E-state index in [1.165, 1.54) is 5.57 Å². The number of aromatic nitrogens is 3. The third-order valence-electron chi connectivity index (χ3n) is 4.29. The minimum absolute atomic E-state index is 0.509. The highest BCUT2D eigenvalue weighted by Crippen LogP contribution is 2.31. The van der Waals surface area contributed by atoms with Gasteiger partial charge in [0.25, 0.3) is 0 Å². The van der Waals surface area contributed by atoms with Gasteiger partial charge in [0, 0.05) is 50.6 Å². The number of hydrogen-bond acceptors (Lipinski definition) is 6. The number of nitrogen functional groups attached to an aromatic ring is 1. The Balaban J connectivity index is 1.53. The summed E-state index contributed by atoms with van der Waals surface area (Å²) in [7, 11) is 2.13. The van der Waals surface area contributed by atoms with Crippen molar-refractivity contribution in [3.8, 4) is 11.3 Å². The molecule has 0 aromatic carbocycles. The molecule has 2 aromatic rings. The van der Waals surface area contributed by atoms with Gasteiger partial charge in [0.1, 0.15) is 5.82 Å². The molecule has 2 aromatic heterocycles. The number of fused-ring (bicyclic) bond motifs is 1. The molecular formula is C16H18N6. The first-order valence-corrected chi connectivity index (χ1v) is 7.40. The number of nitrogens with zero attached hydrogens (tertiary/aromatic N) is 5. The van der Waals surface area contributed by atoms with Crippen molar-refractivity contribution in [1.29, 1.82) is 0 Å². The van der Waals surface area contributed by atoms with E-state index in [1.807, 2.05) is 18.2 Å². The third-order valence-corrected chi connectivity index (χ3v) is 4.29. The zero-order valence-corrected chi connectivity index (χ0v) is 12.5. The summed E-state index contributed by atoms with van der Waals surface area (Å²) < 4.78 is 0. The Bertz CT molecular complexity index is 706. The van der Waals surface area contributed by atoms with Crippen molar-refractivity contribution in [2.24, 2.45) is 5.92 Å². The predicted octanol–water partition coefficient (Wildman–Crippen LogP) is 1.39. The number of rotatable bonds is 2. The zero-order valence-electron chi connectivity index (χ0n) is 12.5. The molecule has 0 saturated carbocycles. The van der Waals surface area contributed by atoms with Crippen LogP contribution in [0.5, 0.6) is 0 Å². The second-order valence-electron chi connectivity index (χ2n) is 5.97. The van der Waals surface area contributed by atoms with Gasteiger partial charge in [-0.1, -0.05) is 0 Å². The molecule has 4 heterocycles. The number of hydrogen-bond donors (Lipinski definition) is 1. The second-order valence-corrected chi connectivity index (χ2v) is 5.97. The van der Waals surface area contributed by atoms with Crippen molar-refractivity contribution in [2.45, 2.75) is 0 Å². The number of anilines is 2. The monoisotopic (exact) mass is 294 g/mol. The van der Waals surface area contributed by atoms with Crippen LogP contribution in [-0.2, 0) is 0 Å². The van der Waals surface area contributed by atoms with Crippen LogP contribution in [0.4, 0.5) is 11.6 Å². The van der Waals surface area contributed by atoms with Gasteiger partial charge in [0.15, 0.2) is 5.82 Å². The lowest BCUT2D eigenvalue weighted by Crippen LogP contribution is -2.25. The minimum atomic E-state index is 0.509. The summed E-state index contributed by atoms with van der Waals surface area (Å²) in [5, 5.41) is 8.71. The first-order chi connectivity index (χ1) is 10.7. The Morgan fingerprint density at radius 2 is 2.05 bits per heavy atom. The van der Waals surface area contributed by atoms with Crippen LogP contribution in [0.2, 0.25) is 0 Å². The van der Waals surface area contributed by atoms with Crippen LogP contribution < -0.4 is 10.6 Å². The van der Waals surface area contributed by atoms with E-state index in [1.54, 1.807) is 12.3 Å². The maximum Gasteiger partial charge on any atom is 0.151 e. The standard InChI is InChI=1S/C16H18N6/c1-21-7-12-9-22(10-13(12)8-21)16-5-3-14(19-20-16)11-2-4-15(17)18-6-11/h2-7,13H,8-10H2,1H3,(H2,17,18). The van der Waals surface area contributed by atoms with E-state index in [9.17, 15) is 0 Å². The lowest BCUT2D eigenvalue weighted by molar-refractivity contribution is 0.442. The molecule has 1 fully saturated rings. The first kappa shape index (κ1) is 13.1. The van der Waals surface area contributed by atoms with Gasteiger partial charge < -0.3 is 15.5 Å². The molecule has 1 saturated heterocycles. The highest BCUT2D eigenvalue weighted by molar-refractivity contribution is 5.60. The predicted molar refractivity (Wildman–Crippen MR) is 86.1 cm³/mol. The fourth-order valence-corrected chi connectivity index (χ4v) is 3.18. The molecule has 6 heteroatoms. The van der Waals surface area contributed by atoms with Crippen molar-refractivity contribution in [3.63, 3.8) is 0 Å². The molecule has 1 unspecified atom stereocenters. The molecule has 22 heavy (non-hydrogen) atoms. The first-order valence-electron chi connectivity index (χ1n) is 7.40. The van der Waals surface area contributed by atoms with Gasteiger partial charge in [-0.05, 0) is 29.8 Å². The second kappa shape index (κ2) is 4.98. The van der Waals surface area contributed by atoms with Crippen molar-refractivity contribution in [2.75, 3.05) is 37.3 Å². The zero-order chi connectivity index (χ0) is 15.1. The fourth-order valence-electron chi connectivity index (χ4n) is 3.18. The lowest BCUT2D eigenvalue weighted by Gasteiger charge is -2.18. The van der Waals surface area contributed by atoms with E-state index in [-0.39, 0.29) is 0 Å². The molecule has 1 atom stereocenters. The highest BCUT2D eigenvalue weighted by atomic mass is 15.3. The van der Waals surface area contributed by atoms with Crippen LogP contribution in [0.3, 0.4) is 0 Å². The van der Waals surface area contributed by atoms with Gasteiger partial charge in [-0.3, -0.25) is 0 Å². The van der Waals surface area contributed by atoms with Crippen molar-refractivity contribution in [3.05, 3.63) is 42.2 Å². The summed E-state index contributed by atoms with van der Waals surface area (Å²) in [5.74, 6) is 2.08. The fraction of sp³-hybridized carbons (Fsp3) is 0.312. The van der Waals surface area contributed by atoms with E-state index in [0.717, 1.165) is 36.7 Å². The Labute approximate surface area is 129 Å². The highest BCUT2D eigenvalue weighted by Gasteiger charge is 2.32. The van der Waals surface area contributed by atoms with E-state index in [0.29, 0.717) is 11.7 Å². The van der Waals surface area contributed by atoms with Crippen LogP contribution in [0, 0.1) is 5.92 Å². The smallest absolute Gasteiger partial charge is 0.151 e. The molecule has 4 rings (SSSR count). The minimum Gasteiger partial charge on any atom is -0.384 e. The van der Waals surface area contributed by atoms with Crippen molar-refractivity contribution >= 4 is 11.6 Å². The van der Waals surface area contributed by atoms with Gasteiger partial charge in [-0.25, -0.2) is 4.98 Å². The molecule has 0 amide bonds. The van der Waals surface area contributed by atoms with Crippen LogP contribution in [-0.4, -0.2) is 46.8 Å². The molecule has 6 nitrogen and oxygen atoms in total. The van der Waals surface area contributed by atoms with Crippen LogP contribution in [0.25, 0.3) is 11.3 Å². The quantitative estimate of drug-likeness (QED) is 0.902. The SMILES string of the molecule is CN1C=C2CN(c3ccc(-c4ccc(N)nc4)nn3)CC2C1. The average Bonchev–Trinajstić information content (AvgIpc) is 3.05. The van der Waals surface area contributed by atoms with E-state index in [2.05, 4.69) is 38.2 Å². The Morgan fingerprint density at radius 3 is 2.73 bits per heavy atom. The van der Waals surface area contributed by atoms with Crippen LogP contribution in [0.1, 0.15) is 0 Å². The maximum absolute atomic E-state index is 5.60. The molecule has 0 aliphatic carbocycles. The Morgan fingerprint density at radius 1 is 1.14 bits per heavy atom. The Hall–Kier alpha value is -2.63. The molecule has 112 valence electrons. The van der Waals surface area contributed by atoms with Gasteiger partial charge in [0.2, 0.25) is 0 Å². The van der Waals surface area contributed by atoms with Gasteiger partial charge in [-0.2, -0.15) is 0 Å². The topological polar surface area (TPSA) is 71.2 Å². The van der Waals surface area contributed by atoms with E-state index in [4.69, 9.17) is 5.73 Å². The molecule has 2 aliphatic rings. The molecular weight excluding hydrogens is 276 g/mol. The van der Waals surface area contributed by atoms with E-state index >= 15 is 0 Å². The number of nitrogens with two attached hydrogens (primary N) is 1. The molecule has 2 aliphatic heterocycles. The number of pyridine rings is 1. The van der Waals surface area contributed by atoms with Gasteiger partial charge in [0.05, 0.1) is 5.69 Å². The molecule has 2 N–H and O–H groups in total. The molecule has 0 spiro atoms. The lowest BCUT2D eigenvalue weighted by atomic mass is 10.1. The van der Waals surface area contributed by atoms with Crippen molar-refractivity contribution < 1.29 is 0 Å². The average molecular weight is 294 g/mol. The summed E-state index contributed by atoms with van der Waals surface area (Å²) in [6.45, 7) is 3.08. The van der Waals surface area contributed by atoms with Crippen LogP contribution >= 0.6 is 0 Å². The Kier molecular flexibility index (Phi) is 2.96. The largest absolute Gasteiger partial charge is 0.384 e. The van der Waals surface area contributed by atoms with Gasteiger partial charge >= 0.3 is 0 Å². The van der Waals surface area contributed by atoms with E-state index < -0.39 is 0 Å². The van der Waals surface area contributed by atoms with Crippen molar-refractivity contribution in [1.82, 2.24) is 20.1 Å². The van der Waals surface area contributed by atoms with Gasteiger partial charge in [-0.15, -0.1) is 10.2 Å². The van der Waals surface area contributed by atoms with Crippen LogP contribution in [0.15, 0.2) is 42.2 Å². The third kappa shape index (κ3) is 2.26. The maximum atomic E-state index is 5.60. The summed E-state index contributed by atoms with van der Waals surface area (Å²) in [4.78, 5) is 8.65. The summed E-state index contributed by atoms with van der Waals surface area (Å²) in [6.07, 6.45) is 3.98. The normalized spacial score (nSPS) is 20.2. The summed E-state index contributed by atoms with van der Waals surface area (Å²) in [6, 6.07) is 7.70. The molecule has 0 bridgehead atoms. The molecule has 0 radical (unpaired) electrons. The summed E-state index contributed by atoms with van der Waals surface area (Å²) in [5.41, 5.74) is 8.84.